The highest BCUT2D eigenvalue weighted by Gasteiger charge is 2.16. The first kappa shape index (κ1) is 12.6. The van der Waals surface area contributed by atoms with Crippen LogP contribution >= 0.6 is 11.6 Å². The first-order chi connectivity index (χ1) is 7.63. The van der Waals surface area contributed by atoms with Gasteiger partial charge in [0.05, 0.1) is 27.8 Å². The van der Waals surface area contributed by atoms with Crippen LogP contribution in [-0.2, 0) is 11.2 Å². The predicted octanol–water partition coefficient (Wildman–Crippen LogP) is 2.02. The van der Waals surface area contributed by atoms with Crippen LogP contribution in [0.4, 0.5) is 0 Å². The first-order valence-corrected chi connectivity index (χ1v) is 4.98. The van der Waals surface area contributed by atoms with Crippen LogP contribution in [0.5, 0.6) is 17.2 Å². The Labute approximate surface area is 99.1 Å². The highest BCUT2D eigenvalue weighted by Crippen LogP contribution is 2.39. The summed E-state index contributed by atoms with van der Waals surface area (Å²) in [6.45, 7) is 0. The quantitative estimate of drug-likeness (QED) is 0.744. The van der Waals surface area contributed by atoms with E-state index >= 15 is 0 Å². The molecule has 0 fully saturated rings. The molecule has 0 aliphatic rings. The van der Waals surface area contributed by atoms with Gasteiger partial charge in [-0.2, -0.15) is 0 Å². The fraction of sp³-hybridized carbons (Fsp3) is 0.364. The summed E-state index contributed by atoms with van der Waals surface area (Å²) in [4.78, 5) is 10.9. The summed E-state index contributed by atoms with van der Waals surface area (Å²) < 4.78 is 15.5. The third-order valence-corrected chi connectivity index (χ3v) is 2.25. The van der Waals surface area contributed by atoms with Crippen molar-refractivity contribution in [2.24, 2.45) is 0 Å². The van der Waals surface area contributed by atoms with E-state index in [2.05, 4.69) is 0 Å². The Hall–Kier alpha value is -1.42. The van der Waals surface area contributed by atoms with Crippen LogP contribution in [0.1, 0.15) is 5.56 Å². The summed E-state index contributed by atoms with van der Waals surface area (Å²) >= 11 is 5.34. The summed E-state index contributed by atoms with van der Waals surface area (Å²) in [5.74, 6) is 1.47. The monoisotopic (exact) mass is 244 g/mol. The van der Waals surface area contributed by atoms with Gasteiger partial charge in [-0.25, -0.2) is 0 Å². The van der Waals surface area contributed by atoms with Crippen LogP contribution in [0.25, 0.3) is 0 Å². The number of carbonyl (C=O) groups excluding carboxylic acids is 1. The molecule has 1 rings (SSSR count). The van der Waals surface area contributed by atoms with Crippen LogP contribution in [0.2, 0.25) is 0 Å². The molecule has 0 spiro atoms. The smallest absolute Gasteiger partial charge is 0.226 e. The molecule has 0 aromatic heterocycles. The van der Waals surface area contributed by atoms with Gasteiger partial charge in [-0.05, 0) is 17.7 Å². The average molecular weight is 245 g/mol. The molecule has 0 unspecified atom stereocenters. The molecular weight excluding hydrogens is 232 g/mol. The van der Waals surface area contributed by atoms with Gasteiger partial charge in [0.2, 0.25) is 11.0 Å². The minimum atomic E-state index is -0.453. The summed E-state index contributed by atoms with van der Waals surface area (Å²) in [7, 11) is 4.54. The minimum absolute atomic E-state index is 0.0884. The molecule has 0 N–H and O–H groups in total. The molecule has 1 aromatic carbocycles. The van der Waals surface area contributed by atoms with E-state index in [1.54, 1.807) is 12.1 Å². The fourth-order valence-corrected chi connectivity index (χ4v) is 1.60. The highest BCUT2D eigenvalue weighted by atomic mass is 35.5. The van der Waals surface area contributed by atoms with Crippen molar-refractivity contribution < 1.29 is 19.0 Å². The number of carbonyl (C=O) groups is 1. The maximum absolute atomic E-state index is 10.9. The molecule has 0 atom stereocenters. The normalized spacial score (nSPS) is 9.75. The van der Waals surface area contributed by atoms with E-state index in [0.717, 1.165) is 0 Å². The summed E-state index contributed by atoms with van der Waals surface area (Å²) in [6.07, 6.45) is 0.0884. The molecule has 0 heterocycles. The van der Waals surface area contributed by atoms with Gasteiger partial charge >= 0.3 is 0 Å². The Bertz CT molecular complexity index is 390. The molecule has 0 saturated heterocycles. The fourth-order valence-electron chi connectivity index (χ4n) is 1.45. The van der Waals surface area contributed by atoms with E-state index < -0.39 is 5.24 Å². The second-order valence-corrected chi connectivity index (χ2v) is 3.45. The lowest BCUT2D eigenvalue weighted by Gasteiger charge is -2.14. The highest BCUT2D eigenvalue weighted by molar-refractivity contribution is 6.63. The zero-order valence-electron chi connectivity index (χ0n) is 9.37. The maximum Gasteiger partial charge on any atom is 0.226 e. The van der Waals surface area contributed by atoms with Crippen molar-refractivity contribution in [2.45, 2.75) is 6.42 Å². The number of hydrogen-bond acceptors (Lipinski definition) is 4. The maximum atomic E-state index is 10.9. The van der Waals surface area contributed by atoms with Gasteiger partial charge in [0.1, 0.15) is 0 Å². The molecular formula is C11H13ClO4. The van der Waals surface area contributed by atoms with Gasteiger partial charge in [0.15, 0.2) is 11.5 Å². The molecule has 5 heteroatoms. The zero-order valence-corrected chi connectivity index (χ0v) is 10.1. The van der Waals surface area contributed by atoms with E-state index in [4.69, 9.17) is 25.8 Å². The number of halogens is 1. The summed E-state index contributed by atoms with van der Waals surface area (Å²) in [5.41, 5.74) is 0.667. The number of hydrogen-bond donors (Lipinski definition) is 0. The Morgan fingerprint density at radius 3 is 2.19 bits per heavy atom. The van der Waals surface area contributed by atoms with Crippen LogP contribution in [-0.4, -0.2) is 26.6 Å². The third-order valence-electron chi connectivity index (χ3n) is 2.12. The van der Waals surface area contributed by atoms with Gasteiger partial charge in [0, 0.05) is 5.56 Å². The van der Waals surface area contributed by atoms with Crippen molar-refractivity contribution in [3.63, 3.8) is 0 Å². The van der Waals surface area contributed by atoms with Crippen molar-refractivity contribution in [3.8, 4) is 17.2 Å². The van der Waals surface area contributed by atoms with Crippen molar-refractivity contribution >= 4 is 16.8 Å². The molecule has 0 amide bonds. The summed E-state index contributed by atoms with van der Waals surface area (Å²) in [5, 5.41) is -0.453. The lowest BCUT2D eigenvalue weighted by Crippen LogP contribution is -2.01. The largest absolute Gasteiger partial charge is 0.493 e. The van der Waals surface area contributed by atoms with E-state index in [1.165, 1.54) is 21.3 Å². The number of benzene rings is 1. The lowest BCUT2D eigenvalue weighted by molar-refractivity contribution is -0.111. The van der Waals surface area contributed by atoms with Gasteiger partial charge in [-0.15, -0.1) is 0 Å². The molecule has 0 radical (unpaired) electrons. The number of methoxy groups -OCH3 is 3. The molecule has 0 aliphatic heterocycles. The van der Waals surface area contributed by atoms with E-state index in [1.807, 2.05) is 0 Å². The van der Waals surface area contributed by atoms with Crippen LogP contribution in [0.15, 0.2) is 12.1 Å². The molecule has 0 saturated carbocycles. The molecule has 1 aromatic rings. The SMILES string of the molecule is COc1ccc(CC(=O)Cl)c(OC)c1OC. The van der Waals surface area contributed by atoms with Crippen LogP contribution < -0.4 is 14.2 Å². The lowest BCUT2D eigenvalue weighted by atomic mass is 10.1. The third kappa shape index (κ3) is 2.58. The Morgan fingerprint density at radius 2 is 1.75 bits per heavy atom. The molecule has 0 aliphatic carbocycles. The first-order valence-electron chi connectivity index (χ1n) is 4.60. The molecule has 4 nitrogen and oxygen atoms in total. The van der Waals surface area contributed by atoms with Crippen LogP contribution in [0, 0.1) is 0 Å². The standard InChI is InChI=1S/C11H13ClO4/c1-14-8-5-4-7(6-9(12)13)10(15-2)11(8)16-3/h4-5H,6H2,1-3H3. The zero-order chi connectivity index (χ0) is 12.1. The second-order valence-electron chi connectivity index (χ2n) is 3.03. The molecule has 16 heavy (non-hydrogen) atoms. The van der Waals surface area contributed by atoms with E-state index in [-0.39, 0.29) is 6.42 Å². The molecule has 88 valence electrons. The Balaban J connectivity index is 3.25. The van der Waals surface area contributed by atoms with E-state index in [9.17, 15) is 4.79 Å². The Kier molecular flexibility index (Phi) is 4.43. The predicted molar refractivity (Wildman–Crippen MR) is 60.7 cm³/mol. The Morgan fingerprint density at radius 1 is 1.12 bits per heavy atom. The summed E-state index contributed by atoms with van der Waals surface area (Å²) in [6, 6.07) is 3.43. The van der Waals surface area contributed by atoms with Crippen molar-refractivity contribution in [1.29, 1.82) is 0 Å². The average Bonchev–Trinajstić information content (AvgIpc) is 2.27. The van der Waals surface area contributed by atoms with E-state index in [0.29, 0.717) is 22.8 Å². The second kappa shape index (κ2) is 5.61. The van der Waals surface area contributed by atoms with Gasteiger partial charge < -0.3 is 14.2 Å². The van der Waals surface area contributed by atoms with Gasteiger partial charge in [-0.3, -0.25) is 4.79 Å². The number of ether oxygens (including phenoxy) is 3. The molecule has 0 bridgehead atoms. The van der Waals surface area contributed by atoms with Crippen molar-refractivity contribution in [1.82, 2.24) is 0 Å². The van der Waals surface area contributed by atoms with Crippen molar-refractivity contribution in [3.05, 3.63) is 17.7 Å². The van der Waals surface area contributed by atoms with Gasteiger partial charge in [0.25, 0.3) is 0 Å². The minimum Gasteiger partial charge on any atom is -0.493 e. The van der Waals surface area contributed by atoms with Gasteiger partial charge in [-0.1, -0.05) is 6.07 Å². The number of rotatable bonds is 5. The van der Waals surface area contributed by atoms with Crippen LogP contribution in [0.3, 0.4) is 0 Å². The topological polar surface area (TPSA) is 44.8 Å². The van der Waals surface area contributed by atoms with Crippen molar-refractivity contribution in [2.75, 3.05) is 21.3 Å².